The first-order valence-electron chi connectivity index (χ1n) is 3.51. The molecule has 1 aliphatic heterocycles. The number of ether oxygens (including phenoxy) is 1. The van der Waals surface area contributed by atoms with Gasteiger partial charge < -0.3 is 9.84 Å². The van der Waals surface area contributed by atoms with Crippen LogP contribution in [0.1, 0.15) is 20.3 Å². The number of hydrogen-bond donors (Lipinski definition) is 1. The van der Waals surface area contributed by atoms with Crippen LogP contribution in [-0.4, -0.2) is 23.9 Å². The Kier molecular flexibility index (Phi) is 2.09. The molecule has 2 heteroatoms. The molecule has 0 spiro atoms. The lowest BCUT2D eigenvalue weighted by Gasteiger charge is -2.16. The van der Waals surface area contributed by atoms with E-state index in [1.54, 1.807) is 6.92 Å². The van der Waals surface area contributed by atoms with Gasteiger partial charge in [0, 0.05) is 6.61 Å². The summed E-state index contributed by atoms with van der Waals surface area (Å²) in [5.41, 5.74) is 0. The van der Waals surface area contributed by atoms with E-state index in [2.05, 4.69) is 6.92 Å². The molecule has 0 aromatic rings. The lowest BCUT2D eigenvalue weighted by molar-refractivity contribution is -0.00671. The molecule has 1 rings (SSSR count). The quantitative estimate of drug-likeness (QED) is 0.568. The van der Waals surface area contributed by atoms with E-state index in [1.165, 1.54) is 0 Å². The molecule has 3 unspecified atom stereocenters. The van der Waals surface area contributed by atoms with Crippen molar-refractivity contribution >= 4 is 0 Å². The van der Waals surface area contributed by atoms with Crippen LogP contribution in [0.2, 0.25) is 0 Å². The molecule has 54 valence electrons. The summed E-state index contributed by atoms with van der Waals surface area (Å²) in [4.78, 5) is 0. The molecule has 0 amide bonds. The number of hydrogen-bond acceptors (Lipinski definition) is 2. The molecule has 1 heterocycles. The highest BCUT2D eigenvalue weighted by atomic mass is 16.5. The Balaban J connectivity index is 2.40. The van der Waals surface area contributed by atoms with Gasteiger partial charge in [0.25, 0.3) is 0 Å². The summed E-state index contributed by atoms with van der Waals surface area (Å²) >= 11 is 0. The van der Waals surface area contributed by atoms with Crippen molar-refractivity contribution in [3.63, 3.8) is 0 Å². The number of aliphatic hydroxyl groups is 1. The molecule has 1 fully saturated rings. The zero-order valence-electron chi connectivity index (χ0n) is 6.00. The Morgan fingerprint density at radius 2 is 2.33 bits per heavy atom. The van der Waals surface area contributed by atoms with Crippen LogP contribution in [0.3, 0.4) is 0 Å². The molecular weight excluding hydrogens is 116 g/mol. The highest BCUT2D eigenvalue weighted by Gasteiger charge is 2.27. The van der Waals surface area contributed by atoms with Gasteiger partial charge in [-0.3, -0.25) is 0 Å². The third-order valence-corrected chi connectivity index (χ3v) is 1.92. The van der Waals surface area contributed by atoms with Gasteiger partial charge in [0.2, 0.25) is 0 Å². The largest absolute Gasteiger partial charge is 0.391 e. The molecule has 0 aromatic heterocycles. The Bertz CT molecular complexity index is 90.9. The first-order valence-corrected chi connectivity index (χ1v) is 3.51. The fraction of sp³-hybridized carbons (Fsp3) is 1.00. The van der Waals surface area contributed by atoms with Crippen LogP contribution in [0.4, 0.5) is 0 Å². The molecule has 0 aromatic carbocycles. The molecule has 1 aliphatic rings. The zero-order valence-corrected chi connectivity index (χ0v) is 6.00. The van der Waals surface area contributed by atoms with Crippen molar-refractivity contribution in [1.82, 2.24) is 0 Å². The van der Waals surface area contributed by atoms with Crippen LogP contribution < -0.4 is 0 Å². The molecule has 2 nitrogen and oxygen atoms in total. The summed E-state index contributed by atoms with van der Waals surface area (Å²) in [6.07, 6.45) is 0.878. The average molecular weight is 130 g/mol. The molecule has 1 N–H and O–H groups in total. The molecule has 0 bridgehead atoms. The lowest BCUT2D eigenvalue weighted by atomic mass is 10.0. The van der Waals surface area contributed by atoms with Gasteiger partial charge in [-0.2, -0.15) is 0 Å². The van der Waals surface area contributed by atoms with Crippen LogP contribution in [0.5, 0.6) is 0 Å². The second kappa shape index (κ2) is 2.67. The second-order valence-corrected chi connectivity index (χ2v) is 2.84. The third kappa shape index (κ3) is 1.43. The maximum atomic E-state index is 9.10. The predicted molar refractivity (Wildman–Crippen MR) is 35.2 cm³/mol. The topological polar surface area (TPSA) is 29.5 Å². The van der Waals surface area contributed by atoms with Crippen LogP contribution in [0.25, 0.3) is 0 Å². The van der Waals surface area contributed by atoms with Crippen LogP contribution >= 0.6 is 0 Å². The summed E-state index contributed by atoms with van der Waals surface area (Å²) in [5.74, 6) is 0.532. The molecule has 3 atom stereocenters. The molecule has 0 radical (unpaired) electrons. The van der Waals surface area contributed by atoms with Crippen LogP contribution in [-0.2, 0) is 4.74 Å². The fourth-order valence-corrected chi connectivity index (χ4v) is 1.33. The maximum absolute atomic E-state index is 9.10. The first kappa shape index (κ1) is 7.03. The van der Waals surface area contributed by atoms with Gasteiger partial charge in [0.1, 0.15) is 0 Å². The average Bonchev–Trinajstić information content (AvgIpc) is 2.13. The summed E-state index contributed by atoms with van der Waals surface area (Å²) < 4.78 is 5.28. The summed E-state index contributed by atoms with van der Waals surface area (Å²) in [6.45, 7) is 4.72. The molecule has 0 aliphatic carbocycles. The summed E-state index contributed by atoms with van der Waals surface area (Å²) in [7, 11) is 0. The van der Waals surface area contributed by atoms with E-state index >= 15 is 0 Å². The third-order valence-electron chi connectivity index (χ3n) is 1.92. The van der Waals surface area contributed by atoms with Crippen molar-refractivity contribution in [2.24, 2.45) is 5.92 Å². The lowest BCUT2D eigenvalue weighted by Crippen LogP contribution is -2.26. The SMILES string of the molecule is CC(O)C1OCCC1C. The molecule has 0 saturated carbocycles. The summed E-state index contributed by atoms with van der Waals surface area (Å²) in [5, 5.41) is 9.10. The zero-order chi connectivity index (χ0) is 6.85. The van der Waals surface area contributed by atoms with Gasteiger partial charge in [-0.15, -0.1) is 0 Å². The minimum atomic E-state index is -0.303. The Labute approximate surface area is 55.8 Å². The normalized spacial score (nSPS) is 39.0. The van der Waals surface area contributed by atoms with E-state index in [4.69, 9.17) is 9.84 Å². The fourth-order valence-electron chi connectivity index (χ4n) is 1.33. The highest BCUT2D eigenvalue weighted by Crippen LogP contribution is 2.22. The van der Waals surface area contributed by atoms with Crippen molar-refractivity contribution in [2.75, 3.05) is 6.61 Å². The van der Waals surface area contributed by atoms with Crippen LogP contribution in [0, 0.1) is 5.92 Å². The van der Waals surface area contributed by atoms with Crippen molar-refractivity contribution in [2.45, 2.75) is 32.5 Å². The standard InChI is InChI=1S/C7H14O2/c1-5-3-4-9-7(5)6(2)8/h5-8H,3-4H2,1-2H3. The smallest absolute Gasteiger partial charge is 0.0857 e. The van der Waals surface area contributed by atoms with E-state index in [0.29, 0.717) is 5.92 Å². The van der Waals surface area contributed by atoms with Gasteiger partial charge in [-0.05, 0) is 19.3 Å². The van der Waals surface area contributed by atoms with Gasteiger partial charge in [0.05, 0.1) is 12.2 Å². The Hall–Kier alpha value is -0.0800. The molecular formula is C7H14O2. The van der Waals surface area contributed by atoms with Gasteiger partial charge >= 0.3 is 0 Å². The van der Waals surface area contributed by atoms with Crippen LogP contribution in [0.15, 0.2) is 0 Å². The van der Waals surface area contributed by atoms with Crippen molar-refractivity contribution in [3.05, 3.63) is 0 Å². The Morgan fingerprint density at radius 3 is 2.56 bits per heavy atom. The molecule has 9 heavy (non-hydrogen) atoms. The van der Waals surface area contributed by atoms with Gasteiger partial charge in [-0.1, -0.05) is 6.92 Å². The monoisotopic (exact) mass is 130 g/mol. The van der Waals surface area contributed by atoms with E-state index in [9.17, 15) is 0 Å². The van der Waals surface area contributed by atoms with Crippen molar-refractivity contribution in [1.29, 1.82) is 0 Å². The Morgan fingerprint density at radius 1 is 1.67 bits per heavy atom. The predicted octanol–water partition coefficient (Wildman–Crippen LogP) is 0.792. The maximum Gasteiger partial charge on any atom is 0.0857 e. The van der Waals surface area contributed by atoms with Gasteiger partial charge in [-0.25, -0.2) is 0 Å². The minimum absolute atomic E-state index is 0.0880. The van der Waals surface area contributed by atoms with E-state index in [1.807, 2.05) is 0 Å². The molecule has 1 saturated heterocycles. The highest BCUT2D eigenvalue weighted by molar-refractivity contribution is 4.76. The second-order valence-electron chi connectivity index (χ2n) is 2.84. The van der Waals surface area contributed by atoms with E-state index in [-0.39, 0.29) is 12.2 Å². The van der Waals surface area contributed by atoms with E-state index < -0.39 is 0 Å². The summed E-state index contributed by atoms with van der Waals surface area (Å²) in [6, 6.07) is 0. The minimum Gasteiger partial charge on any atom is -0.391 e. The van der Waals surface area contributed by atoms with Crippen molar-refractivity contribution in [3.8, 4) is 0 Å². The number of aliphatic hydroxyl groups excluding tert-OH is 1. The van der Waals surface area contributed by atoms with Gasteiger partial charge in [0.15, 0.2) is 0 Å². The number of rotatable bonds is 1. The first-order chi connectivity index (χ1) is 4.22. The van der Waals surface area contributed by atoms with E-state index in [0.717, 1.165) is 13.0 Å². The van der Waals surface area contributed by atoms with Crippen molar-refractivity contribution < 1.29 is 9.84 Å².